The van der Waals surface area contributed by atoms with E-state index in [1.54, 1.807) is 12.4 Å². The predicted molar refractivity (Wildman–Crippen MR) is 104 cm³/mol. The topological polar surface area (TPSA) is 51.2 Å². The Morgan fingerprint density at radius 2 is 1.54 bits per heavy atom. The average Bonchev–Trinajstić information content (AvgIpc) is 2.62. The first kappa shape index (κ1) is 17.7. The molecule has 2 aromatic carbocycles. The smallest absolute Gasteiger partial charge is 0.262 e. The molecule has 1 amide bonds. The van der Waals surface area contributed by atoms with Gasteiger partial charge in [-0.2, -0.15) is 0 Å². The molecule has 0 spiro atoms. The molecule has 3 aromatic rings. The van der Waals surface area contributed by atoms with Crippen LogP contribution >= 0.6 is 0 Å². The number of aryl methyl sites for hydroxylation is 2. The molecule has 0 radical (unpaired) electrons. The van der Waals surface area contributed by atoms with E-state index in [1.807, 2.05) is 62.4 Å². The summed E-state index contributed by atoms with van der Waals surface area (Å²) in [6.45, 7) is 4.00. The molecule has 0 bridgehead atoms. The number of pyridine rings is 1. The highest BCUT2D eigenvalue weighted by atomic mass is 16.5. The quantitative estimate of drug-likeness (QED) is 0.724. The van der Waals surface area contributed by atoms with E-state index in [-0.39, 0.29) is 12.5 Å². The lowest BCUT2D eigenvalue weighted by atomic mass is 10.1. The van der Waals surface area contributed by atoms with Gasteiger partial charge in [0, 0.05) is 18.1 Å². The third-order valence-electron chi connectivity index (χ3n) is 3.96. The second-order valence-corrected chi connectivity index (χ2v) is 6.39. The zero-order valence-corrected chi connectivity index (χ0v) is 15.0. The van der Waals surface area contributed by atoms with Crippen molar-refractivity contribution < 1.29 is 9.53 Å². The van der Waals surface area contributed by atoms with E-state index in [0.717, 1.165) is 23.2 Å². The number of benzene rings is 2. The molecular formula is C22H22N2O2. The minimum Gasteiger partial charge on any atom is -0.484 e. The van der Waals surface area contributed by atoms with Crippen molar-refractivity contribution in [3.8, 4) is 5.75 Å². The number of carbonyl (C=O) groups is 1. The molecule has 132 valence electrons. The number of nitrogens with zero attached hydrogens (tertiary/aromatic N) is 1. The maximum absolute atomic E-state index is 12.1. The molecule has 1 heterocycles. The number of ether oxygens (including phenoxy) is 1. The van der Waals surface area contributed by atoms with Crippen molar-refractivity contribution in [3.63, 3.8) is 0 Å². The van der Waals surface area contributed by atoms with Crippen LogP contribution in [0.4, 0.5) is 5.69 Å². The summed E-state index contributed by atoms with van der Waals surface area (Å²) < 4.78 is 5.59. The molecule has 0 aliphatic carbocycles. The van der Waals surface area contributed by atoms with Crippen LogP contribution in [0.1, 0.15) is 22.3 Å². The molecule has 0 atom stereocenters. The fourth-order valence-electron chi connectivity index (χ4n) is 2.80. The number of rotatable bonds is 6. The van der Waals surface area contributed by atoms with E-state index in [4.69, 9.17) is 4.74 Å². The van der Waals surface area contributed by atoms with Crippen LogP contribution in [0.2, 0.25) is 0 Å². The Bertz CT molecular complexity index is 854. The Hall–Kier alpha value is -3.14. The Morgan fingerprint density at radius 3 is 2.19 bits per heavy atom. The van der Waals surface area contributed by atoms with Gasteiger partial charge in [-0.1, -0.05) is 18.2 Å². The molecule has 0 aliphatic rings. The number of carbonyl (C=O) groups excluding carboxylic acids is 1. The summed E-state index contributed by atoms with van der Waals surface area (Å²) in [5, 5.41) is 2.86. The van der Waals surface area contributed by atoms with E-state index >= 15 is 0 Å². The van der Waals surface area contributed by atoms with Crippen LogP contribution in [0.15, 0.2) is 67.0 Å². The van der Waals surface area contributed by atoms with Gasteiger partial charge in [0.15, 0.2) is 6.61 Å². The van der Waals surface area contributed by atoms with Crippen LogP contribution in [0, 0.1) is 13.8 Å². The zero-order chi connectivity index (χ0) is 18.4. The van der Waals surface area contributed by atoms with Gasteiger partial charge in [-0.25, -0.2) is 0 Å². The Labute approximate surface area is 153 Å². The van der Waals surface area contributed by atoms with Crippen LogP contribution in [0.5, 0.6) is 5.75 Å². The van der Waals surface area contributed by atoms with Crippen molar-refractivity contribution in [3.05, 3.63) is 89.2 Å². The fourth-order valence-corrected chi connectivity index (χ4v) is 2.80. The second kappa shape index (κ2) is 8.30. The first-order chi connectivity index (χ1) is 12.6. The highest BCUT2D eigenvalue weighted by molar-refractivity contribution is 5.91. The van der Waals surface area contributed by atoms with Gasteiger partial charge in [0.1, 0.15) is 5.75 Å². The van der Waals surface area contributed by atoms with Gasteiger partial charge in [0.05, 0.1) is 0 Å². The minimum atomic E-state index is -0.175. The Kier molecular flexibility index (Phi) is 5.64. The number of anilines is 1. The molecule has 26 heavy (non-hydrogen) atoms. The second-order valence-electron chi connectivity index (χ2n) is 6.39. The summed E-state index contributed by atoms with van der Waals surface area (Å²) in [4.78, 5) is 16.1. The summed E-state index contributed by atoms with van der Waals surface area (Å²) in [6.07, 6.45) is 4.42. The highest BCUT2D eigenvalue weighted by Crippen LogP contribution is 2.17. The highest BCUT2D eigenvalue weighted by Gasteiger charge is 2.05. The van der Waals surface area contributed by atoms with Gasteiger partial charge in [-0.05, 0) is 78.9 Å². The largest absolute Gasteiger partial charge is 0.484 e. The van der Waals surface area contributed by atoms with E-state index in [9.17, 15) is 4.79 Å². The van der Waals surface area contributed by atoms with E-state index in [0.29, 0.717) is 5.75 Å². The summed E-state index contributed by atoms with van der Waals surface area (Å²) >= 11 is 0. The lowest BCUT2D eigenvalue weighted by Crippen LogP contribution is -2.20. The third-order valence-corrected chi connectivity index (χ3v) is 3.96. The van der Waals surface area contributed by atoms with Crippen molar-refractivity contribution >= 4 is 11.6 Å². The van der Waals surface area contributed by atoms with Gasteiger partial charge in [-0.3, -0.25) is 9.78 Å². The Balaban J connectivity index is 1.52. The fraction of sp³-hybridized carbons (Fsp3) is 0.182. The molecule has 0 unspecified atom stereocenters. The van der Waals surface area contributed by atoms with Crippen molar-refractivity contribution in [2.75, 3.05) is 11.9 Å². The SMILES string of the molecule is Cc1cc(C)cc(OCC(=O)Nc2ccc(Cc3ccncc3)cc2)c1. The molecule has 0 saturated heterocycles. The molecule has 1 aromatic heterocycles. The number of nitrogens with one attached hydrogen (secondary N) is 1. The molecule has 1 N–H and O–H groups in total. The van der Waals surface area contributed by atoms with Crippen LogP contribution in [-0.4, -0.2) is 17.5 Å². The van der Waals surface area contributed by atoms with Crippen molar-refractivity contribution in [1.82, 2.24) is 4.98 Å². The molecule has 3 rings (SSSR count). The van der Waals surface area contributed by atoms with Gasteiger partial charge in [0.2, 0.25) is 0 Å². The predicted octanol–water partition coefficient (Wildman–Crippen LogP) is 4.31. The summed E-state index contributed by atoms with van der Waals surface area (Å²) in [7, 11) is 0. The molecule has 4 nitrogen and oxygen atoms in total. The third kappa shape index (κ3) is 5.18. The monoisotopic (exact) mass is 346 g/mol. The molecule has 0 saturated carbocycles. The van der Waals surface area contributed by atoms with Crippen molar-refractivity contribution in [2.24, 2.45) is 0 Å². The normalized spacial score (nSPS) is 10.4. The van der Waals surface area contributed by atoms with Gasteiger partial charge in [0.25, 0.3) is 5.91 Å². The molecule has 0 aliphatic heterocycles. The summed E-state index contributed by atoms with van der Waals surface area (Å²) in [6, 6.07) is 17.8. The van der Waals surface area contributed by atoms with Gasteiger partial charge < -0.3 is 10.1 Å². The van der Waals surface area contributed by atoms with E-state index < -0.39 is 0 Å². The number of aromatic nitrogens is 1. The molecular weight excluding hydrogens is 324 g/mol. The minimum absolute atomic E-state index is 0.0122. The first-order valence-electron chi connectivity index (χ1n) is 8.57. The van der Waals surface area contributed by atoms with E-state index in [1.165, 1.54) is 11.1 Å². The molecule has 0 fully saturated rings. The maximum Gasteiger partial charge on any atom is 0.262 e. The summed E-state index contributed by atoms with van der Waals surface area (Å²) in [5.74, 6) is 0.538. The lowest BCUT2D eigenvalue weighted by molar-refractivity contribution is -0.118. The van der Waals surface area contributed by atoms with Crippen molar-refractivity contribution in [2.45, 2.75) is 20.3 Å². The number of hydrogen-bond acceptors (Lipinski definition) is 3. The van der Waals surface area contributed by atoms with Gasteiger partial charge in [-0.15, -0.1) is 0 Å². The lowest BCUT2D eigenvalue weighted by Gasteiger charge is -2.09. The zero-order valence-electron chi connectivity index (χ0n) is 15.0. The average molecular weight is 346 g/mol. The molecule has 4 heteroatoms. The first-order valence-corrected chi connectivity index (χ1v) is 8.57. The maximum atomic E-state index is 12.1. The van der Waals surface area contributed by atoms with E-state index in [2.05, 4.69) is 16.4 Å². The number of hydrogen-bond donors (Lipinski definition) is 1. The van der Waals surface area contributed by atoms with Crippen molar-refractivity contribution in [1.29, 1.82) is 0 Å². The Morgan fingerprint density at radius 1 is 0.923 bits per heavy atom. The summed E-state index contributed by atoms with van der Waals surface area (Å²) in [5.41, 5.74) is 5.38. The van der Waals surface area contributed by atoms with Gasteiger partial charge >= 0.3 is 0 Å². The van der Waals surface area contributed by atoms with Crippen LogP contribution in [-0.2, 0) is 11.2 Å². The number of amides is 1. The van der Waals surface area contributed by atoms with Crippen LogP contribution < -0.4 is 10.1 Å². The standard InChI is InChI=1S/C22H22N2O2/c1-16-11-17(2)13-21(12-16)26-15-22(25)24-20-5-3-18(4-6-20)14-19-7-9-23-10-8-19/h3-13H,14-15H2,1-2H3,(H,24,25). The van der Waals surface area contributed by atoms with Crippen LogP contribution in [0.25, 0.3) is 0 Å². The van der Waals surface area contributed by atoms with Crippen LogP contribution in [0.3, 0.4) is 0 Å².